The Labute approximate surface area is 121 Å². The molecule has 1 aliphatic rings. The molecule has 0 bridgehead atoms. The molecular weight excluding hydrogens is 252 g/mol. The Bertz CT molecular complexity index is 454. The van der Waals surface area contributed by atoms with E-state index in [1.807, 2.05) is 29.2 Å². The lowest BCUT2D eigenvalue weighted by atomic mass is 10.0. The third kappa shape index (κ3) is 3.31. The van der Waals surface area contributed by atoms with Crippen molar-refractivity contribution in [2.45, 2.75) is 26.3 Å². The Morgan fingerprint density at radius 1 is 1.05 bits per heavy atom. The maximum absolute atomic E-state index is 12.4. The van der Waals surface area contributed by atoms with Crippen LogP contribution in [0.2, 0.25) is 0 Å². The highest BCUT2D eigenvalue weighted by Gasteiger charge is 2.28. The molecule has 0 N–H and O–H groups in total. The van der Waals surface area contributed by atoms with Crippen LogP contribution in [0.15, 0.2) is 24.3 Å². The van der Waals surface area contributed by atoms with E-state index in [-0.39, 0.29) is 11.4 Å². The molecule has 1 aliphatic heterocycles. The van der Waals surface area contributed by atoms with Gasteiger partial charge < -0.3 is 9.64 Å². The summed E-state index contributed by atoms with van der Waals surface area (Å²) in [6.45, 7) is 10.1. The molecule has 1 heterocycles. The summed E-state index contributed by atoms with van der Waals surface area (Å²) in [5, 5.41) is 0. The smallest absolute Gasteiger partial charge is 0.253 e. The summed E-state index contributed by atoms with van der Waals surface area (Å²) >= 11 is 0. The van der Waals surface area contributed by atoms with Crippen molar-refractivity contribution in [3.8, 4) is 5.75 Å². The van der Waals surface area contributed by atoms with E-state index in [9.17, 15) is 4.79 Å². The summed E-state index contributed by atoms with van der Waals surface area (Å²) in [6.07, 6.45) is 0. The molecular formula is C16H24N2O2. The van der Waals surface area contributed by atoms with Crippen molar-refractivity contribution < 1.29 is 9.53 Å². The average molecular weight is 276 g/mol. The summed E-state index contributed by atoms with van der Waals surface area (Å²) in [4.78, 5) is 16.8. The minimum atomic E-state index is 0.112. The lowest BCUT2D eigenvalue weighted by molar-refractivity contribution is 0.0451. The van der Waals surface area contributed by atoms with Crippen LogP contribution in [0.3, 0.4) is 0 Å². The topological polar surface area (TPSA) is 32.8 Å². The summed E-state index contributed by atoms with van der Waals surface area (Å²) in [5.74, 6) is 0.889. The number of piperazine rings is 1. The SMILES string of the molecule is COc1ccc(C(=O)N2CCN(C(C)(C)C)CC2)cc1. The van der Waals surface area contributed by atoms with Gasteiger partial charge in [-0.2, -0.15) is 0 Å². The third-order valence-corrected chi connectivity index (χ3v) is 3.85. The van der Waals surface area contributed by atoms with Crippen LogP contribution in [0.25, 0.3) is 0 Å². The molecule has 0 saturated carbocycles. The predicted octanol–water partition coefficient (Wildman–Crippen LogP) is 2.25. The molecule has 0 aliphatic carbocycles. The van der Waals surface area contributed by atoms with Crippen molar-refractivity contribution in [3.05, 3.63) is 29.8 Å². The second kappa shape index (κ2) is 5.83. The van der Waals surface area contributed by atoms with Crippen LogP contribution >= 0.6 is 0 Å². The fourth-order valence-corrected chi connectivity index (χ4v) is 2.50. The lowest BCUT2D eigenvalue weighted by Gasteiger charge is -2.42. The van der Waals surface area contributed by atoms with Gasteiger partial charge in [0.25, 0.3) is 5.91 Å². The Morgan fingerprint density at radius 3 is 2.05 bits per heavy atom. The van der Waals surface area contributed by atoms with Crippen molar-refractivity contribution in [3.63, 3.8) is 0 Å². The minimum absolute atomic E-state index is 0.112. The Morgan fingerprint density at radius 2 is 1.60 bits per heavy atom. The monoisotopic (exact) mass is 276 g/mol. The zero-order chi connectivity index (χ0) is 14.8. The van der Waals surface area contributed by atoms with Gasteiger partial charge in [0.15, 0.2) is 0 Å². The molecule has 0 spiro atoms. The van der Waals surface area contributed by atoms with E-state index in [0.29, 0.717) is 0 Å². The molecule has 20 heavy (non-hydrogen) atoms. The number of carbonyl (C=O) groups is 1. The average Bonchev–Trinajstić information content (AvgIpc) is 2.46. The molecule has 1 aromatic rings. The number of methoxy groups -OCH3 is 1. The van der Waals surface area contributed by atoms with Gasteiger partial charge in [-0.3, -0.25) is 9.69 Å². The van der Waals surface area contributed by atoms with Gasteiger partial charge in [-0.05, 0) is 45.0 Å². The van der Waals surface area contributed by atoms with Crippen LogP contribution in [-0.4, -0.2) is 54.5 Å². The van der Waals surface area contributed by atoms with E-state index in [1.165, 1.54) is 0 Å². The normalized spacial score (nSPS) is 17.1. The molecule has 0 unspecified atom stereocenters. The molecule has 0 radical (unpaired) electrons. The van der Waals surface area contributed by atoms with Gasteiger partial charge in [-0.1, -0.05) is 0 Å². The van der Waals surface area contributed by atoms with E-state index in [0.717, 1.165) is 37.5 Å². The highest BCUT2D eigenvalue weighted by Crippen LogP contribution is 2.18. The highest BCUT2D eigenvalue weighted by atomic mass is 16.5. The van der Waals surface area contributed by atoms with Gasteiger partial charge >= 0.3 is 0 Å². The largest absolute Gasteiger partial charge is 0.497 e. The van der Waals surface area contributed by atoms with Crippen molar-refractivity contribution in [1.29, 1.82) is 0 Å². The van der Waals surface area contributed by atoms with E-state index < -0.39 is 0 Å². The van der Waals surface area contributed by atoms with Gasteiger partial charge in [-0.25, -0.2) is 0 Å². The van der Waals surface area contributed by atoms with Crippen LogP contribution < -0.4 is 4.74 Å². The molecule has 4 nitrogen and oxygen atoms in total. The van der Waals surface area contributed by atoms with Crippen molar-refractivity contribution in [2.24, 2.45) is 0 Å². The van der Waals surface area contributed by atoms with Crippen LogP contribution in [0, 0.1) is 0 Å². The number of ether oxygens (including phenoxy) is 1. The Balaban J connectivity index is 1.97. The van der Waals surface area contributed by atoms with Crippen LogP contribution in [0.5, 0.6) is 5.75 Å². The van der Waals surface area contributed by atoms with Gasteiger partial charge in [0, 0.05) is 37.3 Å². The summed E-state index contributed by atoms with van der Waals surface area (Å²) in [6, 6.07) is 7.33. The molecule has 1 saturated heterocycles. The van der Waals surface area contributed by atoms with Gasteiger partial charge in [0.05, 0.1) is 7.11 Å². The van der Waals surface area contributed by atoms with E-state index in [1.54, 1.807) is 7.11 Å². The summed E-state index contributed by atoms with van der Waals surface area (Å²) in [5.41, 5.74) is 0.907. The molecule has 2 rings (SSSR count). The second-order valence-corrected chi connectivity index (χ2v) is 6.18. The first kappa shape index (κ1) is 14.9. The first-order chi connectivity index (χ1) is 9.41. The molecule has 4 heteroatoms. The maximum Gasteiger partial charge on any atom is 0.253 e. The van der Waals surface area contributed by atoms with E-state index in [4.69, 9.17) is 4.74 Å². The number of amides is 1. The van der Waals surface area contributed by atoms with Crippen LogP contribution in [0.1, 0.15) is 31.1 Å². The predicted molar refractivity (Wildman–Crippen MR) is 80.2 cm³/mol. The molecule has 1 amide bonds. The standard InChI is InChI=1S/C16H24N2O2/c1-16(2,3)18-11-9-17(10-12-18)15(19)13-5-7-14(20-4)8-6-13/h5-8H,9-12H2,1-4H3. The maximum atomic E-state index is 12.4. The zero-order valence-electron chi connectivity index (χ0n) is 12.8. The number of nitrogens with zero attached hydrogens (tertiary/aromatic N) is 2. The van der Waals surface area contributed by atoms with Gasteiger partial charge in [0.1, 0.15) is 5.75 Å². The third-order valence-electron chi connectivity index (χ3n) is 3.85. The quantitative estimate of drug-likeness (QED) is 0.830. The molecule has 1 fully saturated rings. The zero-order valence-corrected chi connectivity index (χ0v) is 12.8. The van der Waals surface area contributed by atoms with E-state index >= 15 is 0 Å². The van der Waals surface area contributed by atoms with Crippen molar-refractivity contribution in [2.75, 3.05) is 33.3 Å². The van der Waals surface area contributed by atoms with Crippen LogP contribution in [0.4, 0.5) is 0 Å². The Hall–Kier alpha value is -1.55. The first-order valence-electron chi connectivity index (χ1n) is 7.10. The van der Waals surface area contributed by atoms with Gasteiger partial charge in [-0.15, -0.1) is 0 Å². The second-order valence-electron chi connectivity index (χ2n) is 6.18. The van der Waals surface area contributed by atoms with Crippen molar-refractivity contribution >= 4 is 5.91 Å². The molecule has 1 aromatic carbocycles. The minimum Gasteiger partial charge on any atom is -0.497 e. The number of benzene rings is 1. The first-order valence-corrected chi connectivity index (χ1v) is 7.10. The van der Waals surface area contributed by atoms with E-state index in [2.05, 4.69) is 25.7 Å². The number of hydrogen-bond donors (Lipinski definition) is 0. The number of carbonyl (C=O) groups excluding carboxylic acids is 1. The molecule has 0 aromatic heterocycles. The Kier molecular flexibility index (Phi) is 4.33. The van der Waals surface area contributed by atoms with Crippen LogP contribution in [-0.2, 0) is 0 Å². The highest BCUT2D eigenvalue weighted by molar-refractivity contribution is 5.94. The molecule has 0 atom stereocenters. The summed E-state index contributed by atoms with van der Waals surface area (Å²) in [7, 11) is 1.63. The number of rotatable bonds is 2. The van der Waals surface area contributed by atoms with Gasteiger partial charge in [0.2, 0.25) is 0 Å². The lowest BCUT2D eigenvalue weighted by Crippen LogP contribution is -2.54. The fraction of sp³-hybridized carbons (Fsp3) is 0.562. The van der Waals surface area contributed by atoms with Crippen molar-refractivity contribution in [1.82, 2.24) is 9.80 Å². The summed E-state index contributed by atoms with van der Waals surface area (Å²) < 4.78 is 5.11. The number of hydrogen-bond acceptors (Lipinski definition) is 3. The fourth-order valence-electron chi connectivity index (χ4n) is 2.50. The molecule has 110 valence electrons.